The normalized spacial score (nSPS) is 10.5. The van der Waals surface area contributed by atoms with Crippen LogP contribution in [0.4, 0.5) is 4.79 Å². The summed E-state index contributed by atoms with van der Waals surface area (Å²) in [6.07, 6.45) is 2.48. The molecule has 0 bridgehead atoms. The molecule has 0 unspecified atom stereocenters. The number of imide groups is 1. The van der Waals surface area contributed by atoms with E-state index in [4.69, 9.17) is 4.74 Å². The standard InChI is InChI=1S/C14H16N2O6S/c1-3-8-15-14(19)16-12(17)9-22-13(18)10-4-6-11(7-5-10)23(2,20)21/h3-7H,1,8-9H2,2H3,(H2,15,16,17,19). The Labute approximate surface area is 133 Å². The molecule has 8 nitrogen and oxygen atoms in total. The van der Waals surface area contributed by atoms with Crippen LogP contribution in [-0.4, -0.2) is 45.7 Å². The minimum atomic E-state index is -3.36. The number of hydrogen-bond acceptors (Lipinski definition) is 6. The lowest BCUT2D eigenvalue weighted by Crippen LogP contribution is -2.41. The van der Waals surface area contributed by atoms with Crippen LogP contribution in [0.2, 0.25) is 0 Å². The quantitative estimate of drug-likeness (QED) is 0.566. The van der Waals surface area contributed by atoms with Gasteiger partial charge in [-0.15, -0.1) is 6.58 Å². The summed E-state index contributed by atoms with van der Waals surface area (Å²) in [5.74, 6) is -1.61. The molecule has 0 aliphatic carbocycles. The second-order valence-electron chi connectivity index (χ2n) is 4.42. The molecule has 124 valence electrons. The molecular weight excluding hydrogens is 324 g/mol. The average molecular weight is 340 g/mol. The number of rotatable bonds is 6. The first-order valence-electron chi connectivity index (χ1n) is 6.40. The fourth-order valence-electron chi connectivity index (χ4n) is 1.42. The summed E-state index contributed by atoms with van der Waals surface area (Å²) in [7, 11) is -3.36. The molecule has 0 saturated carbocycles. The molecule has 0 fully saturated rings. The molecule has 2 N–H and O–H groups in total. The maximum Gasteiger partial charge on any atom is 0.338 e. The Morgan fingerprint density at radius 1 is 1.22 bits per heavy atom. The van der Waals surface area contributed by atoms with Crippen molar-refractivity contribution < 1.29 is 27.5 Å². The average Bonchev–Trinajstić information content (AvgIpc) is 2.49. The van der Waals surface area contributed by atoms with E-state index < -0.39 is 34.4 Å². The van der Waals surface area contributed by atoms with Crippen molar-refractivity contribution in [2.24, 2.45) is 0 Å². The van der Waals surface area contributed by atoms with Crippen LogP contribution in [0.1, 0.15) is 10.4 Å². The molecule has 0 atom stereocenters. The molecule has 23 heavy (non-hydrogen) atoms. The van der Waals surface area contributed by atoms with Crippen molar-refractivity contribution in [1.29, 1.82) is 0 Å². The molecule has 0 spiro atoms. The molecule has 9 heteroatoms. The van der Waals surface area contributed by atoms with Crippen LogP contribution in [0.25, 0.3) is 0 Å². The molecule has 0 aliphatic heterocycles. The number of carbonyl (C=O) groups excluding carboxylic acids is 3. The Balaban J connectivity index is 2.52. The fourth-order valence-corrected chi connectivity index (χ4v) is 2.05. The van der Waals surface area contributed by atoms with Crippen molar-refractivity contribution in [3.8, 4) is 0 Å². The highest BCUT2D eigenvalue weighted by Gasteiger charge is 2.13. The minimum absolute atomic E-state index is 0.0608. The molecule has 0 aromatic heterocycles. The number of carbonyl (C=O) groups is 3. The van der Waals surface area contributed by atoms with Crippen molar-refractivity contribution in [3.63, 3.8) is 0 Å². The van der Waals surface area contributed by atoms with Gasteiger partial charge >= 0.3 is 12.0 Å². The molecule has 1 aromatic carbocycles. The van der Waals surface area contributed by atoms with E-state index in [1.54, 1.807) is 0 Å². The van der Waals surface area contributed by atoms with Crippen molar-refractivity contribution in [3.05, 3.63) is 42.5 Å². The van der Waals surface area contributed by atoms with E-state index in [0.717, 1.165) is 6.26 Å². The topological polar surface area (TPSA) is 119 Å². The van der Waals surface area contributed by atoms with Gasteiger partial charge in [0.25, 0.3) is 5.91 Å². The van der Waals surface area contributed by atoms with E-state index in [2.05, 4.69) is 11.9 Å². The van der Waals surface area contributed by atoms with Crippen LogP contribution in [0.15, 0.2) is 41.8 Å². The summed E-state index contributed by atoms with van der Waals surface area (Å²) in [6, 6.07) is 4.33. The Morgan fingerprint density at radius 2 is 1.83 bits per heavy atom. The lowest BCUT2D eigenvalue weighted by atomic mass is 10.2. The first-order valence-corrected chi connectivity index (χ1v) is 8.29. The fraction of sp³-hybridized carbons (Fsp3) is 0.214. The first-order chi connectivity index (χ1) is 10.7. The number of hydrogen-bond donors (Lipinski definition) is 2. The lowest BCUT2D eigenvalue weighted by molar-refractivity contribution is -0.123. The highest BCUT2D eigenvalue weighted by atomic mass is 32.2. The van der Waals surface area contributed by atoms with Crippen LogP contribution in [-0.2, 0) is 19.4 Å². The third-order valence-electron chi connectivity index (χ3n) is 2.51. The van der Waals surface area contributed by atoms with Crippen molar-refractivity contribution in [1.82, 2.24) is 10.6 Å². The molecule has 1 rings (SSSR count). The Bertz CT molecular complexity index is 709. The largest absolute Gasteiger partial charge is 0.452 e. The van der Waals surface area contributed by atoms with Gasteiger partial charge in [0, 0.05) is 12.8 Å². The number of nitrogens with one attached hydrogen (secondary N) is 2. The van der Waals surface area contributed by atoms with Crippen LogP contribution < -0.4 is 10.6 Å². The van der Waals surface area contributed by atoms with Gasteiger partial charge in [-0.05, 0) is 24.3 Å². The lowest BCUT2D eigenvalue weighted by Gasteiger charge is -2.06. The van der Waals surface area contributed by atoms with Gasteiger partial charge in [-0.3, -0.25) is 10.1 Å². The van der Waals surface area contributed by atoms with Crippen molar-refractivity contribution in [2.45, 2.75) is 4.90 Å². The van der Waals surface area contributed by atoms with Gasteiger partial charge < -0.3 is 10.1 Å². The number of urea groups is 1. The SMILES string of the molecule is C=CCNC(=O)NC(=O)COC(=O)c1ccc(S(C)(=O)=O)cc1. The van der Waals surface area contributed by atoms with Gasteiger partial charge in [0.2, 0.25) is 0 Å². The summed E-state index contributed by atoms with van der Waals surface area (Å²) in [4.78, 5) is 34.3. The van der Waals surface area contributed by atoms with E-state index in [-0.39, 0.29) is 17.0 Å². The number of benzene rings is 1. The zero-order chi connectivity index (χ0) is 17.5. The Kier molecular flexibility index (Phi) is 6.46. The minimum Gasteiger partial charge on any atom is -0.452 e. The third-order valence-corrected chi connectivity index (χ3v) is 3.64. The Morgan fingerprint density at radius 3 is 2.35 bits per heavy atom. The summed E-state index contributed by atoms with van der Waals surface area (Å²) in [6.45, 7) is 2.93. The van der Waals surface area contributed by atoms with E-state index >= 15 is 0 Å². The number of esters is 1. The zero-order valence-corrected chi connectivity index (χ0v) is 13.2. The first kappa shape index (κ1) is 18.4. The molecule has 0 radical (unpaired) electrons. The molecular formula is C14H16N2O6S. The van der Waals surface area contributed by atoms with Crippen LogP contribution in [0.5, 0.6) is 0 Å². The number of sulfone groups is 1. The molecule has 3 amide bonds. The monoisotopic (exact) mass is 340 g/mol. The maximum absolute atomic E-state index is 11.7. The van der Waals surface area contributed by atoms with Gasteiger partial charge in [-0.25, -0.2) is 18.0 Å². The third kappa shape index (κ3) is 6.30. The van der Waals surface area contributed by atoms with Crippen molar-refractivity contribution in [2.75, 3.05) is 19.4 Å². The predicted molar refractivity (Wildman–Crippen MR) is 81.6 cm³/mol. The number of amides is 3. The smallest absolute Gasteiger partial charge is 0.338 e. The molecule has 1 aromatic rings. The number of ether oxygens (including phenoxy) is 1. The van der Waals surface area contributed by atoms with Crippen LogP contribution in [0, 0.1) is 0 Å². The van der Waals surface area contributed by atoms with Crippen LogP contribution in [0.3, 0.4) is 0 Å². The highest BCUT2D eigenvalue weighted by Crippen LogP contribution is 2.11. The second-order valence-corrected chi connectivity index (χ2v) is 6.44. The summed E-state index contributed by atoms with van der Waals surface area (Å²) < 4.78 is 27.3. The van der Waals surface area contributed by atoms with Gasteiger partial charge in [-0.1, -0.05) is 6.08 Å². The van der Waals surface area contributed by atoms with Gasteiger partial charge in [0.15, 0.2) is 16.4 Å². The second kappa shape index (κ2) is 8.08. The molecule has 0 heterocycles. The molecule has 0 saturated heterocycles. The van der Waals surface area contributed by atoms with E-state index in [1.165, 1.54) is 30.3 Å². The van der Waals surface area contributed by atoms with E-state index in [0.29, 0.717) is 0 Å². The summed E-state index contributed by atoms with van der Waals surface area (Å²) >= 11 is 0. The van der Waals surface area contributed by atoms with Gasteiger partial charge in [0.1, 0.15) is 0 Å². The van der Waals surface area contributed by atoms with E-state index in [1.807, 2.05) is 5.32 Å². The highest BCUT2D eigenvalue weighted by molar-refractivity contribution is 7.90. The summed E-state index contributed by atoms with van der Waals surface area (Å²) in [5.41, 5.74) is 0.0845. The summed E-state index contributed by atoms with van der Waals surface area (Å²) in [5, 5.41) is 4.27. The Hall–Kier alpha value is -2.68. The van der Waals surface area contributed by atoms with Gasteiger partial charge in [0.05, 0.1) is 10.5 Å². The van der Waals surface area contributed by atoms with Crippen molar-refractivity contribution >= 4 is 27.7 Å². The van der Waals surface area contributed by atoms with E-state index in [9.17, 15) is 22.8 Å². The van der Waals surface area contributed by atoms with Gasteiger partial charge in [-0.2, -0.15) is 0 Å². The molecule has 0 aliphatic rings. The predicted octanol–water partition coefficient (Wildman–Crippen LogP) is 0.259. The maximum atomic E-state index is 11.7. The zero-order valence-electron chi connectivity index (χ0n) is 12.4. The van der Waals surface area contributed by atoms with Crippen LogP contribution >= 0.6 is 0 Å².